The zero-order valence-electron chi connectivity index (χ0n) is 16.7. The Morgan fingerprint density at radius 3 is 2.18 bits per heavy atom. The van der Waals surface area contributed by atoms with Gasteiger partial charge in [-0.3, -0.25) is 0 Å². The van der Waals surface area contributed by atoms with Gasteiger partial charge in [-0.25, -0.2) is 0 Å². The molecular formula is C25H29NO2. The van der Waals surface area contributed by atoms with Crippen molar-refractivity contribution >= 4 is 0 Å². The number of hydrogen-bond donors (Lipinski definition) is 1. The fraction of sp³-hybridized carbons (Fsp3) is 0.280. The first-order valence-corrected chi connectivity index (χ1v) is 9.86. The van der Waals surface area contributed by atoms with E-state index in [4.69, 9.17) is 9.47 Å². The second-order valence-electron chi connectivity index (χ2n) is 7.03. The summed E-state index contributed by atoms with van der Waals surface area (Å²) in [6.45, 7) is 3.50. The number of ether oxygens (including phenoxy) is 2. The normalized spacial score (nSPS) is 11.8. The largest absolute Gasteiger partial charge is 0.493 e. The summed E-state index contributed by atoms with van der Waals surface area (Å²) in [6.07, 6.45) is 2.17. The van der Waals surface area contributed by atoms with Crippen molar-refractivity contribution in [2.75, 3.05) is 7.11 Å². The van der Waals surface area contributed by atoms with Crippen LogP contribution in [-0.2, 0) is 19.6 Å². The maximum atomic E-state index is 6.14. The Labute approximate surface area is 168 Å². The predicted octanol–water partition coefficient (Wildman–Crippen LogP) is 5.39. The quantitative estimate of drug-likeness (QED) is 0.516. The van der Waals surface area contributed by atoms with E-state index in [-0.39, 0.29) is 0 Å². The second-order valence-corrected chi connectivity index (χ2v) is 7.03. The highest BCUT2D eigenvalue weighted by Gasteiger charge is 2.12. The lowest BCUT2D eigenvalue weighted by Gasteiger charge is -2.18. The average molecular weight is 376 g/mol. The van der Waals surface area contributed by atoms with E-state index in [0.717, 1.165) is 42.0 Å². The summed E-state index contributed by atoms with van der Waals surface area (Å²) >= 11 is 0. The van der Waals surface area contributed by atoms with Gasteiger partial charge in [-0.1, -0.05) is 72.8 Å². The van der Waals surface area contributed by atoms with Gasteiger partial charge in [0, 0.05) is 18.2 Å². The molecule has 0 fully saturated rings. The molecule has 146 valence electrons. The maximum Gasteiger partial charge on any atom is 0.166 e. The molecule has 3 aromatic carbocycles. The van der Waals surface area contributed by atoms with Crippen molar-refractivity contribution < 1.29 is 9.47 Å². The van der Waals surface area contributed by atoms with Crippen molar-refractivity contribution in [2.24, 2.45) is 0 Å². The van der Waals surface area contributed by atoms with E-state index in [0.29, 0.717) is 12.6 Å². The number of nitrogens with one attached hydrogen (secondary N) is 1. The third-order valence-corrected chi connectivity index (χ3v) is 4.86. The zero-order valence-corrected chi connectivity index (χ0v) is 16.7. The zero-order chi connectivity index (χ0) is 19.6. The van der Waals surface area contributed by atoms with Crippen LogP contribution < -0.4 is 14.8 Å². The number of aryl methyl sites for hydroxylation is 1. The van der Waals surface area contributed by atoms with Gasteiger partial charge in [-0.2, -0.15) is 0 Å². The average Bonchev–Trinajstić information content (AvgIpc) is 2.76. The number of rotatable bonds is 10. The van der Waals surface area contributed by atoms with E-state index in [9.17, 15) is 0 Å². The summed E-state index contributed by atoms with van der Waals surface area (Å²) in [7, 11) is 1.68. The summed E-state index contributed by atoms with van der Waals surface area (Å²) in [5.41, 5.74) is 3.63. The smallest absolute Gasteiger partial charge is 0.166 e. The Kier molecular flexibility index (Phi) is 7.51. The van der Waals surface area contributed by atoms with Gasteiger partial charge in [0.2, 0.25) is 0 Å². The van der Waals surface area contributed by atoms with Crippen molar-refractivity contribution in [1.82, 2.24) is 5.32 Å². The van der Waals surface area contributed by atoms with Crippen LogP contribution in [0.4, 0.5) is 0 Å². The molecule has 1 N–H and O–H groups in total. The van der Waals surface area contributed by atoms with Crippen LogP contribution in [0.15, 0.2) is 78.9 Å². The highest BCUT2D eigenvalue weighted by Crippen LogP contribution is 2.32. The Balaban J connectivity index is 1.59. The number of benzene rings is 3. The first-order chi connectivity index (χ1) is 13.8. The minimum atomic E-state index is 0.411. The summed E-state index contributed by atoms with van der Waals surface area (Å²) in [5, 5.41) is 3.62. The molecule has 0 aliphatic heterocycles. The molecule has 0 spiro atoms. The standard InChI is InChI=1S/C25H29NO2/c1-20(16-17-21-10-5-3-6-11-21)26-18-23-14-9-15-24(27-2)25(23)28-19-22-12-7-4-8-13-22/h3-15,20,26H,16-19H2,1-2H3. The van der Waals surface area contributed by atoms with Gasteiger partial charge >= 0.3 is 0 Å². The van der Waals surface area contributed by atoms with Crippen molar-refractivity contribution in [3.8, 4) is 11.5 Å². The van der Waals surface area contributed by atoms with Crippen LogP contribution in [0.3, 0.4) is 0 Å². The van der Waals surface area contributed by atoms with Gasteiger partial charge in [0.1, 0.15) is 6.61 Å². The Morgan fingerprint density at radius 1 is 0.821 bits per heavy atom. The third kappa shape index (κ3) is 5.86. The van der Waals surface area contributed by atoms with Gasteiger partial charge < -0.3 is 14.8 Å². The fourth-order valence-corrected chi connectivity index (χ4v) is 3.17. The van der Waals surface area contributed by atoms with Crippen LogP contribution in [0.1, 0.15) is 30.0 Å². The second kappa shape index (κ2) is 10.5. The van der Waals surface area contributed by atoms with Crippen molar-refractivity contribution in [1.29, 1.82) is 0 Å². The minimum absolute atomic E-state index is 0.411. The van der Waals surface area contributed by atoms with Crippen LogP contribution in [0, 0.1) is 0 Å². The van der Waals surface area contributed by atoms with Gasteiger partial charge in [0.25, 0.3) is 0 Å². The van der Waals surface area contributed by atoms with Gasteiger partial charge in [0.05, 0.1) is 7.11 Å². The molecule has 3 aromatic rings. The summed E-state index contributed by atoms with van der Waals surface area (Å²) in [6, 6.07) is 27.3. The Bertz CT molecular complexity index is 834. The molecule has 0 saturated heterocycles. The molecule has 3 heteroatoms. The lowest BCUT2D eigenvalue weighted by Crippen LogP contribution is -2.26. The van der Waals surface area contributed by atoms with Crippen LogP contribution in [0.25, 0.3) is 0 Å². The number of hydrogen-bond acceptors (Lipinski definition) is 3. The predicted molar refractivity (Wildman–Crippen MR) is 115 cm³/mol. The molecule has 1 unspecified atom stereocenters. The molecule has 0 heterocycles. The lowest BCUT2D eigenvalue weighted by atomic mass is 10.1. The molecule has 0 bridgehead atoms. The lowest BCUT2D eigenvalue weighted by molar-refractivity contribution is 0.280. The van der Waals surface area contributed by atoms with Crippen LogP contribution in [0.2, 0.25) is 0 Å². The van der Waals surface area contributed by atoms with E-state index in [1.165, 1.54) is 5.56 Å². The third-order valence-electron chi connectivity index (χ3n) is 4.86. The van der Waals surface area contributed by atoms with E-state index < -0.39 is 0 Å². The molecule has 1 atom stereocenters. The van der Waals surface area contributed by atoms with E-state index >= 15 is 0 Å². The van der Waals surface area contributed by atoms with Gasteiger partial charge in [-0.05, 0) is 37.0 Å². The maximum absolute atomic E-state index is 6.14. The first-order valence-electron chi connectivity index (χ1n) is 9.86. The molecule has 0 saturated carbocycles. The van der Waals surface area contributed by atoms with Crippen molar-refractivity contribution in [3.63, 3.8) is 0 Å². The molecular weight excluding hydrogens is 346 g/mol. The van der Waals surface area contributed by atoms with Crippen LogP contribution in [0.5, 0.6) is 11.5 Å². The summed E-state index contributed by atoms with van der Waals surface area (Å²) in [4.78, 5) is 0. The molecule has 0 radical (unpaired) electrons. The topological polar surface area (TPSA) is 30.5 Å². The molecule has 0 aromatic heterocycles. The van der Waals surface area contributed by atoms with E-state index in [1.54, 1.807) is 7.11 Å². The van der Waals surface area contributed by atoms with E-state index in [1.807, 2.05) is 30.3 Å². The SMILES string of the molecule is COc1cccc(CNC(C)CCc2ccccc2)c1OCc1ccccc1. The number of para-hydroxylation sites is 1. The fourth-order valence-electron chi connectivity index (χ4n) is 3.17. The van der Waals surface area contributed by atoms with Crippen LogP contribution >= 0.6 is 0 Å². The minimum Gasteiger partial charge on any atom is -0.493 e. The van der Waals surface area contributed by atoms with Crippen LogP contribution in [-0.4, -0.2) is 13.2 Å². The molecule has 3 nitrogen and oxygen atoms in total. The molecule has 28 heavy (non-hydrogen) atoms. The first kappa shape index (κ1) is 20.0. The highest BCUT2D eigenvalue weighted by molar-refractivity contribution is 5.46. The number of methoxy groups -OCH3 is 1. The summed E-state index contributed by atoms with van der Waals surface area (Å²) < 4.78 is 11.7. The summed E-state index contributed by atoms with van der Waals surface area (Å²) in [5.74, 6) is 1.59. The Hall–Kier alpha value is -2.78. The highest BCUT2D eigenvalue weighted by atomic mass is 16.5. The van der Waals surface area contributed by atoms with Gasteiger partial charge in [0.15, 0.2) is 11.5 Å². The monoisotopic (exact) mass is 375 g/mol. The Morgan fingerprint density at radius 2 is 1.50 bits per heavy atom. The molecule has 0 amide bonds. The molecule has 3 rings (SSSR count). The molecule has 0 aliphatic rings. The van der Waals surface area contributed by atoms with E-state index in [2.05, 4.69) is 60.8 Å². The molecule has 0 aliphatic carbocycles. The van der Waals surface area contributed by atoms with Crippen molar-refractivity contribution in [2.45, 2.75) is 39.0 Å². The van der Waals surface area contributed by atoms with Crippen molar-refractivity contribution in [3.05, 3.63) is 95.6 Å². The van der Waals surface area contributed by atoms with Gasteiger partial charge in [-0.15, -0.1) is 0 Å².